The van der Waals surface area contributed by atoms with Gasteiger partial charge in [0.2, 0.25) is 5.88 Å². The first-order chi connectivity index (χ1) is 12.1. The molecule has 6 nitrogen and oxygen atoms in total. The van der Waals surface area contributed by atoms with E-state index in [4.69, 9.17) is 15.2 Å². The first-order valence-corrected chi connectivity index (χ1v) is 8.35. The molecule has 0 aliphatic heterocycles. The van der Waals surface area contributed by atoms with Crippen LogP contribution in [-0.2, 0) is 17.8 Å². The molecule has 0 bridgehead atoms. The SMILES string of the molecule is COc1nccc(CC(O)CC[C@H](O)COCc2ccccc2)c1N. The number of anilines is 1. The molecule has 0 aliphatic rings. The summed E-state index contributed by atoms with van der Waals surface area (Å²) in [5, 5.41) is 20.2. The van der Waals surface area contributed by atoms with Crippen molar-refractivity contribution in [3.8, 4) is 5.88 Å². The molecular formula is C19H26N2O4. The number of rotatable bonds is 10. The highest BCUT2D eigenvalue weighted by molar-refractivity contribution is 5.54. The first kappa shape index (κ1) is 19.2. The van der Waals surface area contributed by atoms with E-state index in [0.29, 0.717) is 37.4 Å². The fraction of sp³-hybridized carbons (Fsp3) is 0.421. The monoisotopic (exact) mass is 346 g/mol. The second-order valence-electron chi connectivity index (χ2n) is 5.98. The topological polar surface area (TPSA) is 97.8 Å². The van der Waals surface area contributed by atoms with Crippen LogP contribution in [0, 0.1) is 0 Å². The van der Waals surface area contributed by atoms with Gasteiger partial charge in [0.15, 0.2) is 0 Å². The summed E-state index contributed by atoms with van der Waals surface area (Å²) in [5.74, 6) is 0.360. The molecule has 0 radical (unpaired) electrons. The number of methoxy groups -OCH3 is 1. The lowest BCUT2D eigenvalue weighted by molar-refractivity contribution is 0.0167. The molecule has 0 fully saturated rings. The van der Waals surface area contributed by atoms with Gasteiger partial charge in [0.05, 0.1) is 38.2 Å². The fourth-order valence-corrected chi connectivity index (χ4v) is 2.54. The van der Waals surface area contributed by atoms with E-state index in [1.54, 1.807) is 12.3 Å². The predicted molar refractivity (Wildman–Crippen MR) is 96.3 cm³/mol. The number of aliphatic hydroxyl groups excluding tert-OH is 2. The number of hydrogen-bond donors (Lipinski definition) is 3. The number of nitrogens with two attached hydrogens (primary N) is 1. The van der Waals surface area contributed by atoms with Crippen LogP contribution in [0.2, 0.25) is 0 Å². The van der Waals surface area contributed by atoms with Crippen molar-refractivity contribution in [3.05, 3.63) is 53.7 Å². The van der Waals surface area contributed by atoms with Gasteiger partial charge >= 0.3 is 0 Å². The van der Waals surface area contributed by atoms with Gasteiger partial charge in [-0.2, -0.15) is 0 Å². The van der Waals surface area contributed by atoms with Crippen LogP contribution in [0.3, 0.4) is 0 Å². The van der Waals surface area contributed by atoms with Crippen molar-refractivity contribution in [2.45, 2.75) is 38.1 Å². The number of nitrogen functional groups attached to an aromatic ring is 1. The van der Waals surface area contributed by atoms with E-state index >= 15 is 0 Å². The van der Waals surface area contributed by atoms with E-state index in [1.807, 2.05) is 30.3 Å². The molecule has 1 aromatic heterocycles. The Morgan fingerprint density at radius 1 is 1.08 bits per heavy atom. The van der Waals surface area contributed by atoms with Gasteiger partial charge in [-0.25, -0.2) is 4.98 Å². The highest BCUT2D eigenvalue weighted by atomic mass is 16.5. The van der Waals surface area contributed by atoms with Crippen LogP contribution >= 0.6 is 0 Å². The molecule has 136 valence electrons. The molecule has 1 heterocycles. The van der Waals surface area contributed by atoms with Crippen LogP contribution < -0.4 is 10.5 Å². The Labute approximate surface area is 148 Å². The van der Waals surface area contributed by atoms with Crippen molar-refractivity contribution in [2.24, 2.45) is 0 Å². The zero-order valence-corrected chi connectivity index (χ0v) is 14.5. The Kier molecular flexibility index (Phi) is 7.66. The number of aromatic nitrogens is 1. The Hall–Kier alpha value is -2.15. The normalized spacial score (nSPS) is 13.4. The quantitative estimate of drug-likeness (QED) is 0.608. The smallest absolute Gasteiger partial charge is 0.237 e. The van der Waals surface area contributed by atoms with E-state index in [1.165, 1.54) is 7.11 Å². The largest absolute Gasteiger partial charge is 0.480 e. The summed E-state index contributed by atoms with van der Waals surface area (Å²) in [5.41, 5.74) is 8.24. The van der Waals surface area contributed by atoms with Crippen LogP contribution in [0.5, 0.6) is 5.88 Å². The van der Waals surface area contributed by atoms with Gasteiger partial charge in [0.25, 0.3) is 0 Å². The summed E-state index contributed by atoms with van der Waals surface area (Å²) in [6.45, 7) is 0.709. The van der Waals surface area contributed by atoms with Gasteiger partial charge in [-0.1, -0.05) is 30.3 Å². The molecule has 6 heteroatoms. The minimum atomic E-state index is -0.609. The molecule has 2 atom stereocenters. The Bertz CT molecular complexity index is 637. The number of pyridine rings is 1. The van der Waals surface area contributed by atoms with Gasteiger partial charge in [-0.3, -0.25) is 0 Å². The van der Waals surface area contributed by atoms with Crippen molar-refractivity contribution in [3.63, 3.8) is 0 Å². The van der Waals surface area contributed by atoms with Crippen molar-refractivity contribution in [2.75, 3.05) is 19.5 Å². The lowest BCUT2D eigenvalue weighted by Crippen LogP contribution is -2.20. The standard InChI is InChI=1S/C19H26N2O4/c1-24-19-18(20)15(9-10-21-19)11-16(22)7-8-17(23)13-25-12-14-5-3-2-4-6-14/h2-6,9-10,16-17,22-23H,7-8,11-13,20H2,1H3/t16?,17-/m0/s1. The molecule has 0 spiro atoms. The maximum atomic E-state index is 10.2. The van der Waals surface area contributed by atoms with Crippen molar-refractivity contribution in [1.82, 2.24) is 4.98 Å². The van der Waals surface area contributed by atoms with Crippen LogP contribution in [-0.4, -0.2) is 41.1 Å². The number of nitrogens with zero attached hydrogens (tertiary/aromatic N) is 1. The lowest BCUT2D eigenvalue weighted by atomic mass is 10.0. The molecule has 0 amide bonds. The van der Waals surface area contributed by atoms with Gasteiger partial charge in [-0.15, -0.1) is 0 Å². The number of benzene rings is 1. The van der Waals surface area contributed by atoms with E-state index in [-0.39, 0.29) is 6.61 Å². The second kappa shape index (κ2) is 9.98. The molecule has 4 N–H and O–H groups in total. The third-order valence-electron chi connectivity index (χ3n) is 3.95. The molecule has 1 unspecified atom stereocenters. The molecule has 0 saturated heterocycles. The van der Waals surface area contributed by atoms with Crippen LogP contribution in [0.1, 0.15) is 24.0 Å². The molecule has 2 aromatic rings. The average Bonchev–Trinajstić information content (AvgIpc) is 2.63. The molecule has 0 aliphatic carbocycles. The number of aliphatic hydroxyl groups is 2. The van der Waals surface area contributed by atoms with Crippen LogP contribution in [0.25, 0.3) is 0 Å². The minimum absolute atomic E-state index is 0.243. The van der Waals surface area contributed by atoms with E-state index in [9.17, 15) is 10.2 Å². The van der Waals surface area contributed by atoms with Crippen LogP contribution in [0.15, 0.2) is 42.6 Å². The minimum Gasteiger partial charge on any atom is -0.480 e. The van der Waals surface area contributed by atoms with E-state index in [0.717, 1.165) is 11.1 Å². The third-order valence-corrected chi connectivity index (χ3v) is 3.95. The zero-order valence-electron chi connectivity index (χ0n) is 14.5. The Morgan fingerprint density at radius 2 is 1.80 bits per heavy atom. The predicted octanol–water partition coefficient (Wildman–Crippen LogP) is 1.93. The molecule has 2 rings (SSSR count). The molecule has 25 heavy (non-hydrogen) atoms. The van der Waals surface area contributed by atoms with E-state index in [2.05, 4.69) is 4.98 Å². The maximum absolute atomic E-state index is 10.2. The summed E-state index contributed by atoms with van der Waals surface area (Å²) in [7, 11) is 1.50. The van der Waals surface area contributed by atoms with Crippen LogP contribution in [0.4, 0.5) is 5.69 Å². The van der Waals surface area contributed by atoms with Crippen molar-refractivity contribution >= 4 is 5.69 Å². The van der Waals surface area contributed by atoms with Gasteiger partial charge in [0.1, 0.15) is 0 Å². The van der Waals surface area contributed by atoms with E-state index < -0.39 is 12.2 Å². The Balaban J connectivity index is 1.69. The van der Waals surface area contributed by atoms with Crippen molar-refractivity contribution < 1.29 is 19.7 Å². The van der Waals surface area contributed by atoms with Gasteiger partial charge in [0, 0.05) is 12.6 Å². The fourth-order valence-electron chi connectivity index (χ4n) is 2.54. The molecule has 0 saturated carbocycles. The highest BCUT2D eigenvalue weighted by Crippen LogP contribution is 2.23. The first-order valence-electron chi connectivity index (χ1n) is 8.35. The summed E-state index contributed by atoms with van der Waals surface area (Å²) >= 11 is 0. The number of ether oxygens (including phenoxy) is 2. The third kappa shape index (κ3) is 6.34. The average molecular weight is 346 g/mol. The second-order valence-corrected chi connectivity index (χ2v) is 5.98. The summed E-state index contributed by atoms with van der Waals surface area (Å²) in [4.78, 5) is 4.01. The zero-order chi connectivity index (χ0) is 18.1. The lowest BCUT2D eigenvalue weighted by Gasteiger charge is -2.16. The molecular weight excluding hydrogens is 320 g/mol. The van der Waals surface area contributed by atoms with Gasteiger partial charge in [-0.05, 0) is 30.0 Å². The Morgan fingerprint density at radius 3 is 2.52 bits per heavy atom. The summed E-state index contributed by atoms with van der Waals surface area (Å²) < 4.78 is 10.6. The number of hydrogen-bond acceptors (Lipinski definition) is 6. The van der Waals surface area contributed by atoms with Gasteiger partial charge < -0.3 is 25.4 Å². The summed E-state index contributed by atoms with van der Waals surface area (Å²) in [6.07, 6.45) is 1.70. The molecule has 1 aromatic carbocycles. The highest BCUT2D eigenvalue weighted by Gasteiger charge is 2.14. The van der Waals surface area contributed by atoms with Crippen molar-refractivity contribution in [1.29, 1.82) is 0 Å². The summed E-state index contributed by atoms with van der Waals surface area (Å²) in [6, 6.07) is 11.6. The maximum Gasteiger partial charge on any atom is 0.237 e.